The molecule has 1 saturated heterocycles. The maximum atomic E-state index is 9.11. The number of anilines is 1. The third-order valence-corrected chi connectivity index (χ3v) is 5.49. The van der Waals surface area contributed by atoms with Gasteiger partial charge in [0.1, 0.15) is 5.82 Å². The van der Waals surface area contributed by atoms with E-state index < -0.39 is 0 Å². The summed E-state index contributed by atoms with van der Waals surface area (Å²) in [6.45, 7) is 1.98. The van der Waals surface area contributed by atoms with Gasteiger partial charge in [0.25, 0.3) is 0 Å². The fourth-order valence-electron chi connectivity index (χ4n) is 3.27. The summed E-state index contributed by atoms with van der Waals surface area (Å²) in [4.78, 5) is 11.8. The van der Waals surface area contributed by atoms with E-state index in [1.807, 2.05) is 18.2 Å². The number of piperidine rings is 1. The number of benzene rings is 1. The monoisotopic (exact) mass is 364 g/mol. The molecular formula is C19H20N6S. The molecule has 132 valence electrons. The van der Waals surface area contributed by atoms with E-state index in [1.165, 1.54) is 24.8 Å². The van der Waals surface area contributed by atoms with Gasteiger partial charge in [-0.1, -0.05) is 42.1 Å². The minimum absolute atomic E-state index is 0.289. The number of nitrogens with zero attached hydrogens (tertiary/aromatic N) is 5. The Hall–Kier alpha value is -2.59. The number of H-pyrrole nitrogens is 1. The Labute approximate surface area is 156 Å². The smallest absolute Gasteiger partial charge is 0.192 e. The van der Waals surface area contributed by atoms with Gasteiger partial charge in [-0.05, 0) is 24.8 Å². The summed E-state index contributed by atoms with van der Waals surface area (Å²) in [6, 6.07) is 12.5. The Morgan fingerprint density at radius 3 is 2.69 bits per heavy atom. The molecule has 0 bridgehead atoms. The number of fused-ring (bicyclic) bond motifs is 1. The van der Waals surface area contributed by atoms with Gasteiger partial charge < -0.3 is 4.90 Å². The van der Waals surface area contributed by atoms with Gasteiger partial charge in [-0.15, -0.1) is 0 Å². The van der Waals surface area contributed by atoms with Crippen LogP contribution in [0.1, 0.15) is 30.5 Å². The highest BCUT2D eigenvalue weighted by atomic mass is 32.2. The molecule has 4 rings (SSSR count). The van der Waals surface area contributed by atoms with Crippen molar-refractivity contribution in [2.24, 2.45) is 0 Å². The molecule has 2 aromatic heterocycles. The van der Waals surface area contributed by atoms with Crippen molar-refractivity contribution in [2.45, 2.75) is 36.6 Å². The second kappa shape index (κ2) is 7.75. The lowest BCUT2D eigenvalue weighted by Gasteiger charge is -2.28. The molecule has 1 aliphatic heterocycles. The molecule has 6 nitrogen and oxygen atoms in total. The van der Waals surface area contributed by atoms with Crippen molar-refractivity contribution in [1.82, 2.24) is 20.2 Å². The highest BCUT2D eigenvalue weighted by Crippen LogP contribution is 2.31. The molecule has 26 heavy (non-hydrogen) atoms. The number of aromatic nitrogens is 4. The van der Waals surface area contributed by atoms with E-state index in [0.717, 1.165) is 40.9 Å². The third-order valence-electron chi connectivity index (χ3n) is 4.57. The van der Waals surface area contributed by atoms with Crippen LogP contribution in [0.15, 0.2) is 35.5 Å². The predicted octanol–water partition coefficient (Wildman–Crippen LogP) is 3.70. The Morgan fingerprint density at radius 2 is 1.92 bits per heavy atom. The average Bonchev–Trinajstić information content (AvgIpc) is 3.10. The number of rotatable bonds is 5. The number of aromatic amines is 1. The standard InChI is InChI=1S/C19H20N6S/c20-10-9-15-16-17(24-23-15)21-19(26-13-14-7-3-1-4-8-14)22-18(16)25-11-5-2-6-12-25/h1,3-4,7-8H,2,5-6,9,11-13H2,(H,21,22,23,24). The number of nitrogens with one attached hydrogen (secondary N) is 1. The molecule has 3 heterocycles. The maximum Gasteiger partial charge on any atom is 0.192 e. The van der Waals surface area contributed by atoms with Crippen molar-refractivity contribution < 1.29 is 0 Å². The summed E-state index contributed by atoms with van der Waals surface area (Å²) in [7, 11) is 0. The Morgan fingerprint density at radius 1 is 1.12 bits per heavy atom. The zero-order chi connectivity index (χ0) is 17.8. The second-order valence-electron chi connectivity index (χ2n) is 6.39. The van der Waals surface area contributed by atoms with Crippen molar-refractivity contribution in [3.05, 3.63) is 41.6 Å². The van der Waals surface area contributed by atoms with Crippen LogP contribution in [0.3, 0.4) is 0 Å². The van der Waals surface area contributed by atoms with E-state index in [0.29, 0.717) is 5.65 Å². The molecule has 0 spiro atoms. The Kier molecular flexibility index (Phi) is 5.02. The molecule has 1 N–H and O–H groups in total. The summed E-state index contributed by atoms with van der Waals surface area (Å²) in [5.41, 5.74) is 2.71. The van der Waals surface area contributed by atoms with Gasteiger partial charge in [0.05, 0.1) is 23.6 Å². The molecule has 7 heteroatoms. The summed E-state index contributed by atoms with van der Waals surface area (Å²) >= 11 is 1.62. The van der Waals surface area contributed by atoms with Crippen molar-refractivity contribution in [3.8, 4) is 6.07 Å². The Bertz CT molecular complexity index is 924. The topological polar surface area (TPSA) is 81.5 Å². The summed E-state index contributed by atoms with van der Waals surface area (Å²) in [6.07, 6.45) is 3.89. The molecular weight excluding hydrogens is 344 g/mol. The first-order valence-corrected chi connectivity index (χ1v) is 9.87. The lowest BCUT2D eigenvalue weighted by atomic mass is 10.1. The predicted molar refractivity (Wildman–Crippen MR) is 103 cm³/mol. The first-order chi connectivity index (χ1) is 12.8. The number of thioether (sulfide) groups is 1. The molecule has 1 fully saturated rings. The zero-order valence-corrected chi connectivity index (χ0v) is 15.3. The van der Waals surface area contributed by atoms with E-state index in [4.69, 9.17) is 10.2 Å². The minimum atomic E-state index is 0.289. The zero-order valence-electron chi connectivity index (χ0n) is 14.5. The number of hydrogen-bond acceptors (Lipinski definition) is 6. The second-order valence-corrected chi connectivity index (χ2v) is 7.33. The van der Waals surface area contributed by atoms with Crippen molar-refractivity contribution in [1.29, 1.82) is 5.26 Å². The molecule has 1 aliphatic rings. The summed E-state index contributed by atoms with van der Waals surface area (Å²) < 4.78 is 0. The first kappa shape index (κ1) is 16.9. The van der Waals surface area contributed by atoms with E-state index in [2.05, 4.69) is 38.3 Å². The van der Waals surface area contributed by atoms with Gasteiger partial charge in [-0.3, -0.25) is 5.10 Å². The fourth-order valence-corrected chi connectivity index (χ4v) is 4.06. The first-order valence-electron chi connectivity index (χ1n) is 8.89. The summed E-state index contributed by atoms with van der Waals surface area (Å²) in [5.74, 6) is 1.74. The molecule has 0 amide bonds. The van der Waals surface area contributed by atoms with Crippen LogP contribution in [-0.4, -0.2) is 33.3 Å². The molecule has 1 aromatic carbocycles. The molecule has 0 atom stereocenters. The van der Waals surface area contributed by atoms with Gasteiger partial charge in [-0.25, -0.2) is 9.97 Å². The highest BCUT2D eigenvalue weighted by Gasteiger charge is 2.21. The lowest BCUT2D eigenvalue weighted by Crippen LogP contribution is -2.30. The molecule has 0 aliphatic carbocycles. The van der Waals surface area contributed by atoms with Crippen molar-refractivity contribution in [2.75, 3.05) is 18.0 Å². The van der Waals surface area contributed by atoms with E-state index in [-0.39, 0.29) is 6.42 Å². The molecule has 0 saturated carbocycles. The normalized spacial score (nSPS) is 14.5. The lowest BCUT2D eigenvalue weighted by molar-refractivity contribution is 0.573. The maximum absolute atomic E-state index is 9.11. The highest BCUT2D eigenvalue weighted by molar-refractivity contribution is 7.98. The van der Waals surface area contributed by atoms with Gasteiger partial charge >= 0.3 is 0 Å². The van der Waals surface area contributed by atoms with Crippen LogP contribution < -0.4 is 4.90 Å². The van der Waals surface area contributed by atoms with Gasteiger partial charge in [-0.2, -0.15) is 10.4 Å². The molecule has 3 aromatic rings. The Balaban J connectivity index is 1.69. The average molecular weight is 364 g/mol. The van der Waals surface area contributed by atoms with Crippen LogP contribution >= 0.6 is 11.8 Å². The van der Waals surface area contributed by atoms with E-state index in [1.54, 1.807) is 11.8 Å². The van der Waals surface area contributed by atoms with Crippen molar-refractivity contribution in [3.63, 3.8) is 0 Å². The van der Waals surface area contributed by atoms with Gasteiger partial charge in [0, 0.05) is 18.8 Å². The van der Waals surface area contributed by atoms with Gasteiger partial charge in [0.2, 0.25) is 0 Å². The SMILES string of the molecule is N#CCc1[nH]nc2nc(SCc3ccccc3)nc(N3CCCCC3)c12. The number of hydrogen-bond donors (Lipinski definition) is 1. The number of nitriles is 1. The quantitative estimate of drug-likeness (QED) is 0.549. The fraction of sp³-hybridized carbons (Fsp3) is 0.368. The van der Waals surface area contributed by atoms with Gasteiger partial charge in [0.15, 0.2) is 10.8 Å². The van der Waals surface area contributed by atoms with Crippen LogP contribution in [0.4, 0.5) is 5.82 Å². The van der Waals surface area contributed by atoms with Crippen LogP contribution in [0.2, 0.25) is 0 Å². The van der Waals surface area contributed by atoms with E-state index in [9.17, 15) is 0 Å². The van der Waals surface area contributed by atoms with Crippen LogP contribution in [0, 0.1) is 11.3 Å². The van der Waals surface area contributed by atoms with E-state index >= 15 is 0 Å². The third kappa shape index (κ3) is 3.51. The van der Waals surface area contributed by atoms with Crippen LogP contribution in [0.25, 0.3) is 11.0 Å². The molecule has 0 radical (unpaired) electrons. The minimum Gasteiger partial charge on any atom is -0.356 e. The summed E-state index contributed by atoms with van der Waals surface area (Å²) in [5, 5.41) is 18.1. The van der Waals surface area contributed by atoms with Crippen LogP contribution in [0.5, 0.6) is 0 Å². The van der Waals surface area contributed by atoms with Crippen LogP contribution in [-0.2, 0) is 12.2 Å². The molecule has 0 unspecified atom stereocenters. The van der Waals surface area contributed by atoms with Crippen molar-refractivity contribution >= 4 is 28.6 Å². The largest absolute Gasteiger partial charge is 0.356 e.